The van der Waals surface area contributed by atoms with Gasteiger partial charge in [-0.15, -0.1) is 6.58 Å². The van der Waals surface area contributed by atoms with E-state index in [1.165, 1.54) is 12.1 Å². The zero-order chi connectivity index (χ0) is 19.7. The lowest BCUT2D eigenvalue weighted by Gasteiger charge is -2.11. The van der Waals surface area contributed by atoms with Gasteiger partial charge < -0.3 is 14.5 Å². The molecule has 1 aromatic carbocycles. The summed E-state index contributed by atoms with van der Waals surface area (Å²) >= 11 is 0. The quantitative estimate of drug-likeness (QED) is 0.484. The molecule has 0 bridgehead atoms. The number of carbonyl (C=O) groups excluding carboxylic acids is 2. The first kappa shape index (κ1) is 18.3. The molecular formula is C20H18N3O4-. The van der Waals surface area contributed by atoms with Crippen LogP contribution in [0, 0.1) is 13.8 Å². The number of benzene rings is 1. The molecule has 3 rings (SSSR count). The Labute approximate surface area is 155 Å². The Morgan fingerprint density at radius 3 is 2.52 bits per heavy atom. The molecule has 7 nitrogen and oxygen atoms in total. The number of aromatic carboxylic acids is 1. The Hall–Kier alpha value is -3.48. The van der Waals surface area contributed by atoms with Gasteiger partial charge in [-0.3, -0.25) is 9.59 Å². The number of carboxylic acids is 1. The number of nitrogens with zero attached hydrogens (tertiary/aromatic N) is 3. The lowest BCUT2D eigenvalue weighted by molar-refractivity contribution is -0.255. The van der Waals surface area contributed by atoms with Gasteiger partial charge in [0.25, 0.3) is 5.56 Å². The number of carbonyl (C=O) groups is 2. The predicted molar refractivity (Wildman–Crippen MR) is 98.8 cm³/mol. The predicted octanol–water partition coefficient (Wildman–Crippen LogP) is 1.25. The van der Waals surface area contributed by atoms with Crippen molar-refractivity contribution in [2.24, 2.45) is 0 Å². The highest BCUT2D eigenvalue weighted by molar-refractivity contribution is 6.01. The number of aromatic nitrogens is 3. The van der Waals surface area contributed by atoms with Gasteiger partial charge in [-0.05, 0) is 26.0 Å². The topological polar surface area (TPSA) is 97.0 Å². The molecule has 0 N–H and O–H groups in total. The van der Waals surface area contributed by atoms with E-state index in [2.05, 4.69) is 11.7 Å². The normalized spacial score (nSPS) is 10.9. The molecule has 0 atom stereocenters. The Morgan fingerprint density at radius 2 is 1.89 bits per heavy atom. The fraction of sp³-hybridized carbons (Fsp3) is 0.200. The molecule has 0 aliphatic heterocycles. The molecule has 0 aliphatic rings. The van der Waals surface area contributed by atoms with Gasteiger partial charge in [0.05, 0.1) is 11.4 Å². The zero-order valence-corrected chi connectivity index (χ0v) is 15.1. The van der Waals surface area contributed by atoms with Crippen molar-refractivity contribution >= 4 is 22.5 Å². The van der Waals surface area contributed by atoms with E-state index in [9.17, 15) is 19.5 Å². The number of carboxylic acid groups (broad SMARTS) is 1. The van der Waals surface area contributed by atoms with Crippen molar-refractivity contribution in [1.29, 1.82) is 0 Å². The summed E-state index contributed by atoms with van der Waals surface area (Å²) < 4.78 is 2.82. The van der Waals surface area contributed by atoms with Crippen LogP contribution in [0.1, 0.15) is 32.2 Å². The fourth-order valence-electron chi connectivity index (χ4n) is 3.21. The summed E-state index contributed by atoms with van der Waals surface area (Å²) in [6.07, 6.45) is 1.73. The maximum absolute atomic E-state index is 12.8. The molecule has 0 unspecified atom stereocenters. The number of rotatable bonds is 6. The molecule has 2 aromatic heterocycles. The number of Topliss-reactive ketones (excluding diaryl/α,β-unsaturated/α-hetero) is 1. The summed E-state index contributed by atoms with van der Waals surface area (Å²) in [5, 5.41) is 15.6. The van der Waals surface area contributed by atoms with Gasteiger partial charge in [0.2, 0.25) is 0 Å². The highest BCUT2D eigenvalue weighted by Gasteiger charge is 2.18. The Bertz CT molecular complexity index is 1140. The minimum Gasteiger partial charge on any atom is -0.543 e. The average molecular weight is 364 g/mol. The van der Waals surface area contributed by atoms with Crippen LogP contribution < -0.4 is 10.7 Å². The summed E-state index contributed by atoms with van der Waals surface area (Å²) in [4.78, 5) is 36.8. The molecule has 0 spiro atoms. The third-order valence-electron chi connectivity index (χ3n) is 4.54. The van der Waals surface area contributed by atoms with Gasteiger partial charge in [0.15, 0.2) is 5.78 Å². The van der Waals surface area contributed by atoms with E-state index in [0.29, 0.717) is 12.1 Å². The van der Waals surface area contributed by atoms with E-state index in [4.69, 9.17) is 0 Å². The van der Waals surface area contributed by atoms with Crippen LogP contribution in [0.15, 0.2) is 47.8 Å². The van der Waals surface area contributed by atoms with Gasteiger partial charge in [0.1, 0.15) is 12.2 Å². The molecule has 0 saturated heterocycles. The summed E-state index contributed by atoms with van der Waals surface area (Å²) in [5.74, 6) is -1.83. The zero-order valence-electron chi connectivity index (χ0n) is 15.1. The maximum Gasteiger partial charge on any atom is 0.275 e. The second kappa shape index (κ2) is 7.03. The van der Waals surface area contributed by atoms with Crippen LogP contribution in [0.3, 0.4) is 0 Å². The van der Waals surface area contributed by atoms with Crippen molar-refractivity contribution in [1.82, 2.24) is 14.3 Å². The Morgan fingerprint density at radius 1 is 1.22 bits per heavy atom. The minimum absolute atomic E-state index is 0.177. The third kappa shape index (κ3) is 3.19. The lowest BCUT2D eigenvalue weighted by atomic mass is 10.1. The van der Waals surface area contributed by atoms with Crippen LogP contribution in [0.4, 0.5) is 0 Å². The van der Waals surface area contributed by atoms with Gasteiger partial charge in [-0.1, -0.05) is 24.3 Å². The number of fused-ring (bicyclic) bond motifs is 1. The maximum atomic E-state index is 12.8. The SMILES string of the molecule is C=CCn1c(C)cc(C(=O)Cn2nc(C(=O)[O-])c3ccccc3c2=O)c1C. The van der Waals surface area contributed by atoms with Crippen molar-refractivity contribution in [3.63, 3.8) is 0 Å². The lowest BCUT2D eigenvalue weighted by Crippen LogP contribution is -2.32. The van der Waals surface area contributed by atoms with Crippen molar-refractivity contribution < 1.29 is 14.7 Å². The van der Waals surface area contributed by atoms with Crippen LogP contribution in [0.25, 0.3) is 10.8 Å². The standard InChI is InChI=1S/C20H19N3O4/c1-4-9-22-12(2)10-16(13(22)3)17(24)11-23-19(25)15-8-6-5-7-14(15)18(21-23)20(26)27/h4-8,10H,1,9,11H2,2-3H3,(H,26,27)/p-1. The molecule has 0 amide bonds. The van der Waals surface area contributed by atoms with Crippen molar-refractivity contribution in [2.45, 2.75) is 26.9 Å². The van der Waals surface area contributed by atoms with Crippen molar-refractivity contribution in [3.8, 4) is 0 Å². The third-order valence-corrected chi connectivity index (χ3v) is 4.54. The number of ketones is 1. The first-order valence-corrected chi connectivity index (χ1v) is 8.37. The summed E-state index contributed by atoms with van der Waals surface area (Å²) in [6, 6.07) is 7.97. The van der Waals surface area contributed by atoms with E-state index in [1.807, 2.05) is 18.4 Å². The van der Waals surface area contributed by atoms with E-state index in [1.54, 1.807) is 24.3 Å². The summed E-state index contributed by atoms with van der Waals surface area (Å²) in [7, 11) is 0. The molecule has 138 valence electrons. The van der Waals surface area contributed by atoms with Gasteiger partial charge >= 0.3 is 0 Å². The second-order valence-electron chi connectivity index (χ2n) is 6.25. The second-order valence-corrected chi connectivity index (χ2v) is 6.25. The highest BCUT2D eigenvalue weighted by Crippen LogP contribution is 2.17. The van der Waals surface area contributed by atoms with Gasteiger partial charge in [-0.2, -0.15) is 5.10 Å². The van der Waals surface area contributed by atoms with Gasteiger partial charge in [0, 0.05) is 28.9 Å². The van der Waals surface area contributed by atoms with E-state index < -0.39 is 11.5 Å². The molecule has 2 heterocycles. The molecule has 3 aromatic rings. The fourth-order valence-corrected chi connectivity index (χ4v) is 3.21. The monoisotopic (exact) mass is 364 g/mol. The van der Waals surface area contributed by atoms with E-state index in [-0.39, 0.29) is 28.8 Å². The number of allylic oxidation sites excluding steroid dienone is 1. The minimum atomic E-state index is -1.50. The van der Waals surface area contributed by atoms with Crippen LogP contribution in [0.2, 0.25) is 0 Å². The van der Waals surface area contributed by atoms with Crippen LogP contribution in [0.5, 0.6) is 0 Å². The Kier molecular flexibility index (Phi) is 4.77. The number of hydrogen-bond donors (Lipinski definition) is 0. The van der Waals surface area contributed by atoms with Crippen LogP contribution in [-0.4, -0.2) is 26.1 Å². The summed E-state index contributed by atoms with van der Waals surface area (Å²) in [5.41, 5.74) is 1.22. The largest absolute Gasteiger partial charge is 0.543 e. The molecule has 0 aliphatic carbocycles. The van der Waals surface area contributed by atoms with Crippen LogP contribution in [-0.2, 0) is 13.1 Å². The first-order chi connectivity index (χ1) is 12.8. The molecular weight excluding hydrogens is 346 g/mol. The van der Waals surface area contributed by atoms with Crippen molar-refractivity contribution in [2.75, 3.05) is 0 Å². The van der Waals surface area contributed by atoms with Crippen LogP contribution >= 0.6 is 0 Å². The molecule has 7 heteroatoms. The van der Waals surface area contributed by atoms with E-state index >= 15 is 0 Å². The first-order valence-electron chi connectivity index (χ1n) is 8.37. The highest BCUT2D eigenvalue weighted by atomic mass is 16.4. The number of aryl methyl sites for hydroxylation is 1. The average Bonchev–Trinajstić information content (AvgIpc) is 2.92. The number of hydrogen-bond acceptors (Lipinski definition) is 5. The molecule has 0 saturated carbocycles. The molecule has 0 fully saturated rings. The smallest absolute Gasteiger partial charge is 0.275 e. The Balaban J connectivity index is 2.07. The molecule has 27 heavy (non-hydrogen) atoms. The van der Waals surface area contributed by atoms with Crippen molar-refractivity contribution in [3.05, 3.63) is 76.0 Å². The van der Waals surface area contributed by atoms with E-state index in [0.717, 1.165) is 16.1 Å². The summed E-state index contributed by atoms with van der Waals surface area (Å²) in [6.45, 7) is 7.60. The van der Waals surface area contributed by atoms with Gasteiger partial charge in [-0.25, -0.2) is 4.68 Å². The molecule has 0 radical (unpaired) electrons.